The van der Waals surface area contributed by atoms with Gasteiger partial charge < -0.3 is 5.11 Å². The van der Waals surface area contributed by atoms with Crippen molar-refractivity contribution >= 4 is 16.9 Å². The van der Waals surface area contributed by atoms with E-state index in [0.717, 1.165) is 52.9 Å². The molecule has 0 aliphatic rings. The number of hydrogen-bond acceptors (Lipinski definition) is 3. The van der Waals surface area contributed by atoms with Gasteiger partial charge >= 0.3 is 5.97 Å². The van der Waals surface area contributed by atoms with Gasteiger partial charge in [-0.2, -0.15) is 0 Å². The molecule has 5 heteroatoms. The molecular formula is C28H28N2O3. The summed E-state index contributed by atoms with van der Waals surface area (Å²) in [6.07, 6.45) is 2.74. The minimum absolute atomic E-state index is 0.0156. The highest BCUT2D eigenvalue weighted by molar-refractivity contribution is 5.96. The highest BCUT2D eigenvalue weighted by Gasteiger charge is 2.14. The van der Waals surface area contributed by atoms with Crippen LogP contribution in [0.25, 0.3) is 22.0 Å². The van der Waals surface area contributed by atoms with Gasteiger partial charge in [-0.15, -0.1) is 0 Å². The van der Waals surface area contributed by atoms with Crippen molar-refractivity contribution in [2.45, 2.75) is 46.6 Å². The van der Waals surface area contributed by atoms with Crippen LogP contribution in [0, 0.1) is 13.8 Å². The van der Waals surface area contributed by atoms with E-state index in [4.69, 9.17) is 4.98 Å². The van der Waals surface area contributed by atoms with Crippen molar-refractivity contribution in [1.82, 2.24) is 9.55 Å². The maximum atomic E-state index is 13.5. The summed E-state index contributed by atoms with van der Waals surface area (Å²) in [7, 11) is 0. The number of aromatic nitrogens is 2. The molecule has 1 aromatic heterocycles. The van der Waals surface area contributed by atoms with E-state index in [9.17, 15) is 14.7 Å². The first-order valence-electron chi connectivity index (χ1n) is 11.3. The second-order valence-electron chi connectivity index (χ2n) is 8.55. The third-order valence-electron chi connectivity index (χ3n) is 5.99. The van der Waals surface area contributed by atoms with Crippen LogP contribution in [0.4, 0.5) is 0 Å². The van der Waals surface area contributed by atoms with Crippen molar-refractivity contribution in [3.05, 3.63) is 99.1 Å². The first-order chi connectivity index (χ1) is 15.9. The molecule has 0 unspecified atom stereocenters. The molecule has 0 saturated heterocycles. The van der Waals surface area contributed by atoms with E-state index in [1.165, 1.54) is 0 Å². The molecule has 3 aromatic carbocycles. The molecule has 0 radical (unpaired) electrons. The van der Waals surface area contributed by atoms with Gasteiger partial charge in [0.2, 0.25) is 0 Å². The number of carboxylic acids is 1. The SMILES string of the molecule is CCCCc1nc2c(C)cc(C)cc2c(=O)n1Cc1ccc(-c2ccccc2C(=O)O)cc1. The number of carboxylic acid groups (broad SMARTS) is 1. The van der Waals surface area contributed by atoms with Gasteiger partial charge in [-0.05, 0) is 60.2 Å². The van der Waals surface area contributed by atoms with Crippen LogP contribution in [0.15, 0.2) is 65.5 Å². The number of aromatic carboxylic acids is 1. The standard InChI is InChI=1S/C28H28N2O3/c1-4-5-10-25-29-26-19(3)15-18(2)16-24(26)27(31)30(25)17-20-11-13-21(14-12-20)22-8-6-7-9-23(22)28(32)33/h6-9,11-16H,4-5,10,17H2,1-3H3,(H,32,33). The van der Waals surface area contributed by atoms with Crippen LogP contribution < -0.4 is 5.56 Å². The predicted molar refractivity (Wildman–Crippen MR) is 132 cm³/mol. The molecule has 33 heavy (non-hydrogen) atoms. The number of rotatable bonds is 7. The lowest BCUT2D eigenvalue weighted by molar-refractivity contribution is 0.0697. The van der Waals surface area contributed by atoms with Gasteiger partial charge in [0.15, 0.2) is 0 Å². The number of benzene rings is 3. The summed E-state index contributed by atoms with van der Waals surface area (Å²) in [5.41, 5.74) is 5.59. The van der Waals surface area contributed by atoms with E-state index in [0.29, 0.717) is 17.5 Å². The fourth-order valence-electron chi connectivity index (χ4n) is 4.31. The van der Waals surface area contributed by atoms with E-state index in [2.05, 4.69) is 13.0 Å². The Labute approximate surface area is 193 Å². The van der Waals surface area contributed by atoms with Crippen molar-refractivity contribution in [1.29, 1.82) is 0 Å². The molecule has 1 heterocycles. The van der Waals surface area contributed by atoms with E-state index in [-0.39, 0.29) is 11.1 Å². The van der Waals surface area contributed by atoms with E-state index in [1.807, 2.05) is 56.3 Å². The van der Waals surface area contributed by atoms with Gasteiger partial charge in [0.1, 0.15) is 5.82 Å². The number of aryl methyl sites for hydroxylation is 3. The van der Waals surface area contributed by atoms with Crippen molar-refractivity contribution in [3.63, 3.8) is 0 Å². The molecule has 4 rings (SSSR count). The lowest BCUT2D eigenvalue weighted by Gasteiger charge is -2.15. The number of hydrogen-bond donors (Lipinski definition) is 1. The summed E-state index contributed by atoms with van der Waals surface area (Å²) in [4.78, 5) is 30.0. The maximum absolute atomic E-state index is 13.5. The first-order valence-corrected chi connectivity index (χ1v) is 11.3. The molecule has 0 amide bonds. The Balaban J connectivity index is 1.75. The molecule has 168 valence electrons. The predicted octanol–water partition coefficient (Wildman–Crippen LogP) is 5.77. The molecule has 0 spiro atoms. The normalized spacial score (nSPS) is 11.1. The average molecular weight is 441 g/mol. The fourth-order valence-corrected chi connectivity index (χ4v) is 4.31. The Kier molecular flexibility index (Phi) is 6.40. The molecule has 0 aliphatic heterocycles. The first kappa shape index (κ1) is 22.5. The second kappa shape index (κ2) is 9.41. The topological polar surface area (TPSA) is 72.2 Å². The Bertz CT molecular complexity index is 1390. The van der Waals surface area contributed by atoms with Crippen LogP contribution in [0.3, 0.4) is 0 Å². The third kappa shape index (κ3) is 4.58. The molecular weight excluding hydrogens is 412 g/mol. The van der Waals surface area contributed by atoms with E-state index >= 15 is 0 Å². The zero-order valence-corrected chi connectivity index (χ0v) is 19.3. The van der Waals surface area contributed by atoms with E-state index in [1.54, 1.807) is 16.7 Å². The number of unbranched alkanes of at least 4 members (excludes halogenated alkanes) is 1. The van der Waals surface area contributed by atoms with Gasteiger partial charge in [0.25, 0.3) is 5.56 Å². The van der Waals surface area contributed by atoms with Gasteiger partial charge in [-0.25, -0.2) is 9.78 Å². The molecule has 0 atom stereocenters. The minimum Gasteiger partial charge on any atom is -0.478 e. The number of fused-ring (bicyclic) bond motifs is 1. The largest absolute Gasteiger partial charge is 0.478 e. The van der Waals surface area contributed by atoms with Crippen molar-refractivity contribution in [2.75, 3.05) is 0 Å². The average Bonchev–Trinajstić information content (AvgIpc) is 2.81. The Hall–Kier alpha value is -3.73. The minimum atomic E-state index is -0.949. The zero-order chi connectivity index (χ0) is 23.5. The lowest BCUT2D eigenvalue weighted by Crippen LogP contribution is -2.26. The smallest absolute Gasteiger partial charge is 0.336 e. The quantitative estimate of drug-likeness (QED) is 0.396. The maximum Gasteiger partial charge on any atom is 0.336 e. The molecule has 5 nitrogen and oxygen atoms in total. The fraction of sp³-hybridized carbons (Fsp3) is 0.250. The van der Waals surface area contributed by atoms with E-state index < -0.39 is 5.97 Å². The summed E-state index contributed by atoms with van der Waals surface area (Å²) in [6.45, 7) is 6.55. The van der Waals surface area contributed by atoms with Crippen molar-refractivity contribution < 1.29 is 9.90 Å². The van der Waals surface area contributed by atoms with Crippen LogP contribution in [-0.2, 0) is 13.0 Å². The third-order valence-corrected chi connectivity index (χ3v) is 5.99. The monoisotopic (exact) mass is 440 g/mol. The van der Waals surface area contributed by atoms with Gasteiger partial charge in [-0.1, -0.05) is 61.9 Å². The lowest BCUT2D eigenvalue weighted by atomic mass is 9.98. The van der Waals surface area contributed by atoms with Crippen LogP contribution in [-0.4, -0.2) is 20.6 Å². The molecule has 4 aromatic rings. The molecule has 0 saturated carbocycles. The van der Waals surface area contributed by atoms with Crippen molar-refractivity contribution in [2.24, 2.45) is 0 Å². The Morgan fingerprint density at radius 3 is 2.45 bits per heavy atom. The summed E-state index contributed by atoms with van der Waals surface area (Å²) < 4.78 is 1.79. The van der Waals surface area contributed by atoms with Gasteiger partial charge in [-0.3, -0.25) is 9.36 Å². The number of nitrogens with zero attached hydrogens (tertiary/aromatic N) is 2. The molecule has 0 bridgehead atoms. The second-order valence-corrected chi connectivity index (χ2v) is 8.55. The summed E-state index contributed by atoms with van der Waals surface area (Å²) in [6, 6.07) is 18.7. The van der Waals surface area contributed by atoms with Crippen LogP contribution in [0.1, 0.15) is 52.6 Å². The van der Waals surface area contributed by atoms with Crippen molar-refractivity contribution in [3.8, 4) is 11.1 Å². The molecule has 1 N–H and O–H groups in total. The zero-order valence-electron chi connectivity index (χ0n) is 19.3. The summed E-state index contributed by atoms with van der Waals surface area (Å²) in [5, 5.41) is 10.1. The van der Waals surface area contributed by atoms with Crippen LogP contribution in [0.2, 0.25) is 0 Å². The molecule has 0 aliphatic carbocycles. The molecule has 0 fully saturated rings. The Morgan fingerprint density at radius 2 is 1.76 bits per heavy atom. The van der Waals surface area contributed by atoms with Crippen LogP contribution in [0.5, 0.6) is 0 Å². The highest BCUT2D eigenvalue weighted by Crippen LogP contribution is 2.25. The Morgan fingerprint density at radius 1 is 1.03 bits per heavy atom. The summed E-state index contributed by atoms with van der Waals surface area (Å²) >= 11 is 0. The highest BCUT2D eigenvalue weighted by atomic mass is 16.4. The number of carbonyl (C=O) groups is 1. The summed E-state index contributed by atoms with van der Waals surface area (Å²) in [5.74, 6) is -0.142. The van der Waals surface area contributed by atoms with Crippen LogP contribution >= 0.6 is 0 Å². The van der Waals surface area contributed by atoms with Gasteiger partial charge in [0.05, 0.1) is 23.0 Å². The van der Waals surface area contributed by atoms with Gasteiger partial charge in [0, 0.05) is 6.42 Å².